The highest BCUT2D eigenvalue weighted by atomic mass is 32.1. The van der Waals surface area contributed by atoms with Crippen LogP contribution in [-0.4, -0.2) is 28.8 Å². The standard InChI is InChI=1S/C23H27N5S/c1-16(2)27-14-12-17(15-27)22-21(20-7-5-6-13-24-20)25-23(29)28(22)19-10-8-18(9-11-19)26(3)4/h5-16,21-22H,1-4H3,(H,25,29)/t21-,22+/m0/s1. The first kappa shape index (κ1) is 19.5. The van der Waals surface area contributed by atoms with Gasteiger partial charge in [-0.1, -0.05) is 6.07 Å². The lowest BCUT2D eigenvalue weighted by Crippen LogP contribution is -2.29. The Morgan fingerprint density at radius 3 is 2.41 bits per heavy atom. The summed E-state index contributed by atoms with van der Waals surface area (Å²) in [6, 6.07) is 17.2. The van der Waals surface area contributed by atoms with Crippen LogP contribution in [0.3, 0.4) is 0 Å². The monoisotopic (exact) mass is 405 g/mol. The summed E-state index contributed by atoms with van der Waals surface area (Å²) >= 11 is 5.79. The first-order chi connectivity index (χ1) is 14.0. The van der Waals surface area contributed by atoms with Crippen molar-refractivity contribution >= 4 is 28.7 Å². The van der Waals surface area contributed by atoms with Crippen LogP contribution in [0.2, 0.25) is 0 Å². The van der Waals surface area contributed by atoms with Crippen LogP contribution >= 0.6 is 12.2 Å². The molecule has 150 valence electrons. The summed E-state index contributed by atoms with van der Waals surface area (Å²) in [5, 5.41) is 4.24. The molecule has 2 aromatic heterocycles. The molecule has 0 aliphatic carbocycles. The van der Waals surface area contributed by atoms with Crippen molar-refractivity contribution in [1.29, 1.82) is 0 Å². The number of pyridine rings is 1. The fourth-order valence-corrected chi connectivity index (χ4v) is 4.16. The minimum absolute atomic E-state index is 0.0137. The van der Waals surface area contributed by atoms with Crippen LogP contribution in [-0.2, 0) is 0 Å². The molecular weight excluding hydrogens is 378 g/mol. The van der Waals surface area contributed by atoms with E-state index in [0.717, 1.165) is 22.2 Å². The zero-order chi connectivity index (χ0) is 20.5. The topological polar surface area (TPSA) is 36.3 Å². The highest BCUT2D eigenvalue weighted by molar-refractivity contribution is 7.80. The van der Waals surface area contributed by atoms with Crippen molar-refractivity contribution in [2.24, 2.45) is 0 Å². The van der Waals surface area contributed by atoms with Crippen LogP contribution in [0.1, 0.15) is 43.2 Å². The summed E-state index contributed by atoms with van der Waals surface area (Å²) in [4.78, 5) is 8.93. The number of hydrogen-bond acceptors (Lipinski definition) is 3. The quantitative estimate of drug-likeness (QED) is 0.622. The number of anilines is 2. The third-order valence-electron chi connectivity index (χ3n) is 5.42. The van der Waals surface area contributed by atoms with E-state index in [2.05, 4.69) is 87.3 Å². The van der Waals surface area contributed by atoms with Crippen molar-refractivity contribution < 1.29 is 0 Å². The molecule has 29 heavy (non-hydrogen) atoms. The van der Waals surface area contributed by atoms with Gasteiger partial charge in [-0.3, -0.25) is 4.98 Å². The van der Waals surface area contributed by atoms with Crippen LogP contribution < -0.4 is 15.1 Å². The second-order valence-electron chi connectivity index (χ2n) is 7.89. The van der Waals surface area contributed by atoms with Crippen molar-refractivity contribution in [3.8, 4) is 0 Å². The number of nitrogens with one attached hydrogen (secondary N) is 1. The molecule has 0 saturated carbocycles. The van der Waals surface area contributed by atoms with Crippen molar-refractivity contribution in [2.45, 2.75) is 32.0 Å². The Morgan fingerprint density at radius 2 is 1.83 bits per heavy atom. The maximum atomic E-state index is 5.79. The van der Waals surface area contributed by atoms with E-state index < -0.39 is 0 Å². The van der Waals surface area contributed by atoms with Crippen molar-refractivity contribution in [3.63, 3.8) is 0 Å². The Morgan fingerprint density at radius 1 is 1.07 bits per heavy atom. The van der Waals surface area contributed by atoms with Gasteiger partial charge in [0.25, 0.3) is 0 Å². The Labute approximate surface area is 178 Å². The van der Waals surface area contributed by atoms with E-state index in [1.54, 1.807) is 0 Å². The number of nitrogens with zero attached hydrogens (tertiary/aromatic N) is 4. The molecule has 5 nitrogen and oxygen atoms in total. The summed E-state index contributed by atoms with van der Waals surface area (Å²) in [6.45, 7) is 4.38. The molecule has 1 aliphatic heterocycles. The molecule has 0 amide bonds. The van der Waals surface area contributed by atoms with Gasteiger partial charge >= 0.3 is 0 Å². The van der Waals surface area contributed by atoms with E-state index in [9.17, 15) is 0 Å². The zero-order valence-corrected chi connectivity index (χ0v) is 18.1. The maximum Gasteiger partial charge on any atom is 0.174 e. The Balaban J connectivity index is 1.78. The lowest BCUT2D eigenvalue weighted by Gasteiger charge is -2.27. The number of benzene rings is 1. The molecule has 3 aromatic rings. The van der Waals surface area contributed by atoms with Gasteiger partial charge in [0.05, 0.1) is 17.8 Å². The lowest BCUT2D eigenvalue weighted by molar-refractivity contribution is 0.560. The van der Waals surface area contributed by atoms with Gasteiger partial charge in [-0.2, -0.15) is 0 Å². The minimum Gasteiger partial charge on any atom is -0.378 e. The average molecular weight is 406 g/mol. The fraction of sp³-hybridized carbons (Fsp3) is 0.304. The summed E-state index contributed by atoms with van der Waals surface area (Å²) in [5.74, 6) is 0. The van der Waals surface area contributed by atoms with Gasteiger partial charge in [0.15, 0.2) is 5.11 Å². The Kier molecular flexibility index (Phi) is 5.28. The first-order valence-corrected chi connectivity index (χ1v) is 10.3. The molecule has 0 unspecified atom stereocenters. The minimum atomic E-state index is -0.0137. The summed E-state index contributed by atoms with van der Waals surface area (Å²) in [6.07, 6.45) is 6.21. The molecular formula is C23H27N5S. The molecule has 1 saturated heterocycles. The van der Waals surface area contributed by atoms with Gasteiger partial charge in [-0.05, 0) is 74.1 Å². The predicted octanol–water partition coefficient (Wildman–Crippen LogP) is 4.71. The summed E-state index contributed by atoms with van der Waals surface area (Å²) in [5.41, 5.74) is 4.45. The van der Waals surface area contributed by atoms with E-state index in [1.807, 2.05) is 32.4 Å². The molecule has 0 spiro atoms. The van der Waals surface area contributed by atoms with Gasteiger partial charge in [0.2, 0.25) is 0 Å². The van der Waals surface area contributed by atoms with Crippen LogP contribution in [0, 0.1) is 0 Å². The molecule has 0 radical (unpaired) electrons. The molecule has 1 aliphatic rings. The van der Waals surface area contributed by atoms with Crippen LogP contribution in [0.25, 0.3) is 0 Å². The van der Waals surface area contributed by atoms with Gasteiger partial charge < -0.3 is 19.7 Å². The molecule has 4 rings (SSSR count). The third-order valence-corrected chi connectivity index (χ3v) is 5.73. The van der Waals surface area contributed by atoms with Crippen molar-refractivity contribution in [2.75, 3.05) is 23.9 Å². The van der Waals surface area contributed by atoms with Crippen molar-refractivity contribution in [1.82, 2.24) is 14.9 Å². The normalized spacial score (nSPS) is 18.9. The van der Waals surface area contributed by atoms with E-state index in [4.69, 9.17) is 12.2 Å². The van der Waals surface area contributed by atoms with Crippen LogP contribution in [0.4, 0.5) is 11.4 Å². The van der Waals surface area contributed by atoms with E-state index >= 15 is 0 Å². The van der Waals surface area contributed by atoms with Gasteiger partial charge in [0, 0.05) is 50.1 Å². The highest BCUT2D eigenvalue weighted by Gasteiger charge is 2.41. The number of hydrogen-bond donors (Lipinski definition) is 1. The highest BCUT2D eigenvalue weighted by Crippen LogP contribution is 2.42. The molecule has 1 aromatic carbocycles. The molecule has 3 heterocycles. The van der Waals surface area contributed by atoms with E-state index in [0.29, 0.717) is 6.04 Å². The number of aromatic nitrogens is 2. The van der Waals surface area contributed by atoms with Gasteiger partial charge in [0.1, 0.15) is 0 Å². The second kappa shape index (κ2) is 7.87. The number of thiocarbonyl (C=S) groups is 1. The van der Waals surface area contributed by atoms with Crippen LogP contribution in [0.5, 0.6) is 0 Å². The lowest BCUT2D eigenvalue weighted by atomic mass is 9.98. The Hall–Kier alpha value is -2.86. The third kappa shape index (κ3) is 3.72. The summed E-state index contributed by atoms with van der Waals surface area (Å²) < 4.78 is 2.24. The molecule has 6 heteroatoms. The SMILES string of the molecule is CC(C)n1ccc([C@@H]2[C@H](c3ccccn3)NC(=S)N2c2ccc(N(C)C)cc2)c1. The van der Waals surface area contributed by atoms with Gasteiger partial charge in [-0.25, -0.2) is 0 Å². The van der Waals surface area contributed by atoms with E-state index in [-0.39, 0.29) is 12.1 Å². The summed E-state index contributed by atoms with van der Waals surface area (Å²) in [7, 11) is 4.09. The second-order valence-corrected chi connectivity index (χ2v) is 8.28. The first-order valence-electron chi connectivity index (χ1n) is 9.91. The smallest absolute Gasteiger partial charge is 0.174 e. The zero-order valence-electron chi connectivity index (χ0n) is 17.3. The fourth-order valence-electron chi connectivity index (χ4n) is 3.81. The molecule has 0 bridgehead atoms. The predicted molar refractivity (Wildman–Crippen MR) is 124 cm³/mol. The molecule has 1 N–H and O–H groups in total. The average Bonchev–Trinajstić information content (AvgIpc) is 3.33. The van der Waals surface area contributed by atoms with Gasteiger partial charge in [-0.15, -0.1) is 0 Å². The van der Waals surface area contributed by atoms with Crippen molar-refractivity contribution in [3.05, 3.63) is 78.4 Å². The number of rotatable bonds is 5. The molecule has 2 atom stereocenters. The largest absolute Gasteiger partial charge is 0.378 e. The maximum absolute atomic E-state index is 5.79. The van der Waals surface area contributed by atoms with Crippen LogP contribution in [0.15, 0.2) is 67.1 Å². The molecule has 1 fully saturated rings. The Bertz CT molecular complexity index is 978. The van der Waals surface area contributed by atoms with E-state index in [1.165, 1.54) is 5.56 Å².